The van der Waals surface area contributed by atoms with Gasteiger partial charge in [-0.25, -0.2) is 4.99 Å². The highest BCUT2D eigenvalue weighted by Crippen LogP contribution is 2.33. The van der Waals surface area contributed by atoms with E-state index in [0.29, 0.717) is 28.3 Å². The SMILES string of the molecule is COc1ccc(-c2noc(C)c2C(=O)NC(N)=NCc2cc(Cl)c(O)c(Cl)c2)cc1. The number of aromatic nitrogens is 1. The number of nitrogens with zero attached hydrogens (tertiary/aromatic N) is 2. The van der Waals surface area contributed by atoms with Crippen molar-refractivity contribution in [2.24, 2.45) is 10.7 Å². The second kappa shape index (κ2) is 9.06. The van der Waals surface area contributed by atoms with Crippen LogP contribution in [0.4, 0.5) is 0 Å². The van der Waals surface area contributed by atoms with Gasteiger partial charge in [-0.15, -0.1) is 0 Å². The summed E-state index contributed by atoms with van der Waals surface area (Å²) in [5.74, 6) is 0.185. The summed E-state index contributed by atoms with van der Waals surface area (Å²) in [7, 11) is 1.57. The third-order valence-electron chi connectivity index (χ3n) is 4.20. The van der Waals surface area contributed by atoms with Crippen LogP contribution < -0.4 is 15.8 Å². The number of hydrogen-bond acceptors (Lipinski definition) is 6. The number of carbonyl (C=O) groups excluding carboxylic acids is 1. The van der Waals surface area contributed by atoms with Gasteiger partial charge in [-0.2, -0.15) is 0 Å². The first-order valence-electron chi connectivity index (χ1n) is 8.69. The van der Waals surface area contributed by atoms with Crippen LogP contribution in [0.2, 0.25) is 10.0 Å². The maximum absolute atomic E-state index is 12.7. The van der Waals surface area contributed by atoms with Crippen molar-refractivity contribution in [3.8, 4) is 22.8 Å². The molecule has 0 aliphatic rings. The number of guanidine groups is 1. The van der Waals surface area contributed by atoms with E-state index in [0.717, 1.165) is 0 Å². The molecule has 0 spiro atoms. The fourth-order valence-corrected chi connectivity index (χ4v) is 3.22. The van der Waals surface area contributed by atoms with Crippen molar-refractivity contribution in [2.45, 2.75) is 13.5 Å². The predicted molar refractivity (Wildman–Crippen MR) is 114 cm³/mol. The molecular formula is C20H18Cl2N4O4. The topological polar surface area (TPSA) is 123 Å². The summed E-state index contributed by atoms with van der Waals surface area (Å²) in [6.45, 7) is 1.72. The molecule has 0 bridgehead atoms. The van der Waals surface area contributed by atoms with Crippen molar-refractivity contribution in [3.05, 3.63) is 63.3 Å². The van der Waals surface area contributed by atoms with Gasteiger partial charge in [0.2, 0.25) is 0 Å². The molecule has 0 aliphatic carbocycles. The minimum atomic E-state index is -0.511. The molecule has 0 saturated carbocycles. The molecule has 1 amide bonds. The molecule has 3 aromatic rings. The number of amides is 1. The smallest absolute Gasteiger partial charge is 0.263 e. The summed E-state index contributed by atoms with van der Waals surface area (Å²) in [4.78, 5) is 16.9. The van der Waals surface area contributed by atoms with E-state index in [-0.39, 0.29) is 33.9 Å². The number of aliphatic imine (C=N–C) groups is 1. The lowest BCUT2D eigenvalue weighted by Crippen LogP contribution is -2.37. The Bertz CT molecular complexity index is 1090. The second-order valence-electron chi connectivity index (χ2n) is 6.25. The predicted octanol–water partition coefficient (Wildman–Crippen LogP) is 3.92. The molecule has 0 fully saturated rings. The van der Waals surface area contributed by atoms with Gasteiger partial charge < -0.3 is 20.1 Å². The zero-order valence-corrected chi connectivity index (χ0v) is 17.6. The third-order valence-corrected chi connectivity index (χ3v) is 4.78. The zero-order valence-electron chi connectivity index (χ0n) is 16.1. The molecule has 10 heteroatoms. The van der Waals surface area contributed by atoms with Crippen LogP contribution in [-0.4, -0.2) is 29.2 Å². The van der Waals surface area contributed by atoms with Gasteiger partial charge in [0.05, 0.1) is 23.7 Å². The molecule has 1 heterocycles. The van der Waals surface area contributed by atoms with E-state index in [2.05, 4.69) is 15.5 Å². The second-order valence-corrected chi connectivity index (χ2v) is 7.07. The first-order valence-corrected chi connectivity index (χ1v) is 9.44. The van der Waals surface area contributed by atoms with Crippen LogP contribution in [0, 0.1) is 6.92 Å². The van der Waals surface area contributed by atoms with Crippen LogP contribution in [-0.2, 0) is 6.54 Å². The lowest BCUT2D eigenvalue weighted by Gasteiger charge is -2.07. The number of aryl methyl sites for hydroxylation is 1. The standard InChI is InChI=1S/C20H18Cl2N4O4/c1-10-16(17(26-30-10)12-3-5-13(29-2)6-4-12)19(28)25-20(23)24-9-11-7-14(21)18(27)15(22)8-11/h3-8,27H,9H2,1-2H3,(H3,23,24,25,28). The Hall–Kier alpha value is -3.23. The fraction of sp³-hybridized carbons (Fsp3) is 0.150. The zero-order chi connectivity index (χ0) is 21.8. The van der Waals surface area contributed by atoms with Gasteiger partial charge in [-0.1, -0.05) is 28.4 Å². The molecule has 30 heavy (non-hydrogen) atoms. The highest BCUT2D eigenvalue weighted by Gasteiger charge is 2.22. The van der Waals surface area contributed by atoms with Gasteiger partial charge >= 0.3 is 0 Å². The van der Waals surface area contributed by atoms with Crippen LogP contribution in [0.3, 0.4) is 0 Å². The van der Waals surface area contributed by atoms with E-state index in [1.54, 1.807) is 38.3 Å². The number of ether oxygens (including phenoxy) is 1. The largest absolute Gasteiger partial charge is 0.505 e. The average molecular weight is 449 g/mol. The van der Waals surface area contributed by atoms with Gasteiger partial charge in [0.25, 0.3) is 5.91 Å². The Morgan fingerprint density at radius 2 is 1.90 bits per heavy atom. The summed E-state index contributed by atoms with van der Waals surface area (Å²) in [6.07, 6.45) is 0. The first-order chi connectivity index (χ1) is 14.3. The Morgan fingerprint density at radius 3 is 2.50 bits per heavy atom. The summed E-state index contributed by atoms with van der Waals surface area (Å²) in [5, 5.41) is 16.3. The normalized spacial score (nSPS) is 11.4. The van der Waals surface area contributed by atoms with Crippen LogP contribution >= 0.6 is 23.2 Å². The highest BCUT2D eigenvalue weighted by molar-refractivity contribution is 6.37. The van der Waals surface area contributed by atoms with Gasteiger partial charge in [-0.05, 0) is 48.9 Å². The van der Waals surface area contributed by atoms with Gasteiger partial charge in [0.15, 0.2) is 11.7 Å². The third kappa shape index (κ3) is 4.67. The Labute approximate surface area is 182 Å². The van der Waals surface area contributed by atoms with Crippen molar-refractivity contribution < 1.29 is 19.2 Å². The molecule has 2 aromatic carbocycles. The molecule has 3 rings (SSSR count). The monoisotopic (exact) mass is 448 g/mol. The van der Waals surface area contributed by atoms with Crippen molar-refractivity contribution in [2.75, 3.05) is 7.11 Å². The van der Waals surface area contributed by atoms with Gasteiger partial charge in [0, 0.05) is 5.56 Å². The van der Waals surface area contributed by atoms with Crippen molar-refractivity contribution in [3.63, 3.8) is 0 Å². The fourth-order valence-electron chi connectivity index (χ4n) is 2.69. The molecule has 1 aromatic heterocycles. The number of carbonyl (C=O) groups is 1. The van der Waals surface area contributed by atoms with Crippen molar-refractivity contribution >= 4 is 35.1 Å². The molecule has 156 valence electrons. The van der Waals surface area contributed by atoms with Crippen LogP contribution in [0.1, 0.15) is 21.7 Å². The number of hydrogen-bond donors (Lipinski definition) is 3. The van der Waals surface area contributed by atoms with Crippen LogP contribution in [0.25, 0.3) is 11.3 Å². The number of methoxy groups -OCH3 is 1. The number of halogens is 2. The van der Waals surface area contributed by atoms with Crippen molar-refractivity contribution in [1.82, 2.24) is 10.5 Å². The number of phenolic OH excluding ortho intramolecular Hbond substituents is 1. The maximum Gasteiger partial charge on any atom is 0.263 e. The lowest BCUT2D eigenvalue weighted by atomic mass is 10.1. The van der Waals surface area contributed by atoms with Crippen molar-refractivity contribution in [1.29, 1.82) is 0 Å². The summed E-state index contributed by atoms with van der Waals surface area (Å²) < 4.78 is 10.3. The van der Waals surface area contributed by atoms with E-state index in [4.69, 9.17) is 38.2 Å². The highest BCUT2D eigenvalue weighted by atomic mass is 35.5. The molecule has 0 unspecified atom stereocenters. The molecule has 0 radical (unpaired) electrons. The van der Waals surface area contributed by atoms with Gasteiger partial charge in [-0.3, -0.25) is 10.1 Å². The Morgan fingerprint density at radius 1 is 1.27 bits per heavy atom. The molecule has 0 saturated heterocycles. The number of aromatic hydroxyl groups is 1. The van der Waals surface area contributed by atoms with E-state index in [1.807, 2.05) is 0 Å². The quantitative estimate of drug-likeness (QED) is 0.401. The molecule has 8 nitrogen and oxygen atoms in total. The number of rotatable bonds is 5. The van der Waals surface area contributed by atoms with E-state index in [1.165, 1.54) is 12.1 Å². The number of phenols is 1. The molecular weight excluding hydrogens is 431 g/mol. The minimum Gasteiger partial charge on any atom is -0.505 e. The Kier molecular flexibility index (Phi) is 6.49. The molecule has 4 N–H and O–H groups in total. The minimum absolute atomic E-state index is 0.0968. The Balaban J connectivity index is 1.77. The van der Waals surface area contributed by atoms with Crippen LogP contribution in [0.5, 0.6) is 11.5 Å². The number of nitrogens with one attached hydrogen (secondary N) is 1. The van der Waals surface area contributed by atoms with Crippen LogP contribution in [0.15, 0.2) is 45.9 Å². The molecule has 0 atom stereocenters. The van der Waals surface area contributed by atoms with E-state index < -0.39 is 5.91 Å². The first kappa shape index (κ1) is 21.5. The summed E-state index contributed by atoms with van der Waals surface area (Å²) in [5.41, 5.74) is 7.76. The summed E-state index contributed by atoms with van der Waals surface area (Å²) in [6, 6.07) is 10.1. The number of nitrogens with two attached hydrogens (primary N) is 1. The van der Waals surface area contributed by atoms with Gasteiger partial charge in [0.1, 0.15) is 22.8 Å². The van der Waals surface area contributed by atoms with E-state index in [9.17, 15) is 9.90 Å². The maximum atomic E-state index is 12.7. The van der Waals surface area contributed by atoms with E-state index >= 15 is 0 Å². The lowest BCUT2D eigenvalue weighted by molar-refractivity contribution is 0.0975. The average Bonchev–Trinajstić information content (AvgIpc) is 3.12. The number of benzene rings is 2. The summed E-state index contributed by atoms with van der Waals surface area (Å²) >= 11 is 11.8. The molecule has 0 aliphatic heterocycles.